The fraction of sp³-hybridized carbons (Fsp3) is 0.385. The number of nitrogens with zero attached hydrogens (tertiary/aromatic N) is 4. The maximum Gasteiger partial charge on any atom is 0.333 e. The van der Waals surface area contributed by atoms with Crippen LogP contribution in [-0.4, -0.2) is 31.6 Å². The lowest BCUT2D eigenvalue weighted by Gasteiger charge is -2.06. The van der Waals surface area contributed by atoms with Gasteiger partial charge in [-0.3, -0.25) is 18.6 Å². The van der Waals surface area contributed by atoms with E-state index in [-0.39, 0.29) is 17.0 Å². The second-order valence-electron chi connectivity index (χ2n) is 4.95. The molecule has 0 saturated heterocycles. The number of aryl methyl sites for hydroxylation is 3. The van der Waals surface area contributed by atoms with Crippen molar-refractivity contribution in [2.24, 2.45) is 7.05 Å². The Morgan fingerprint density at radius 2 is 2.00 bits per heavy atom. The minimum atomic E-state index is -0.681. The van der Waals surface area contributed by atoms with Crippen LogP contribution in [0.5, 0.6) is 0 Å². The Morgan fingerprint density at radius 3 is 2.64 bits per heavy atom. The predicted molar refractivity (Wildman–Crippen MR) is 76.0 cm³/mol. The van der Waals surface area contributed by atoms with Gasteiger partial charge in [0.15, 0.2) is 11.2 Å². The second-order valence-corrected chi connectivity index (χ2v) is 4.95. The van der Waals surface area contributed by atoms with Crippen LogP contribution in [0.3, 0.4) is 0 Å². The average molecular weight is 306 g/mol. The summed E-state index contributed by atoms with van der Waals surface area (Å²) in [6.07, 6.45) is 0. The number of oxazole rings is 1. The molecule has 0 N–H and O–H groups in total. The lowest BCUT2D eigenvalue weighted by Crippen LogP contribution is -2.41. The third-order valence-electron chi connectivity index (χ3n) is 3.72. The molecular formula is C13H14N4O5. The highest BCUT2D eigenvalue weighted by Gasteiger charge is 2.22. The first-order valence-corrected chi connectivity index (χ1v) is 6.51. The molecule has 9 heteroatoms. The van der Waals surface area contributed by atoms with Crippen LogP contribution in [0.1, 0.15) is 11.5 Å². The Bertz CT molecular complexity index is 1030. The van der Waals surface area contributed by atoms with Crippen molar-refractivity contribution in [3.05, 3.63) is 32.3 Å². The lowest BCUT2D eigenvalue weighted by molar-refractivity contribution is -0.141. The highest BCUT2D eigenvalue weighted by atomic mass is 16.5. The number of rotatable bonds is 2. The number of fused-ring (bicyclic) bond motifs is 3. The first-order valence-electron chi connectivity index (χ1n) is 6.51. The molecule has 3 aromatic heterocycles. The molecule has 9 nitrogen and oxygen atoms in total. The molecule has 3 rings (SSSR count). The van der Waals surface area contributed by atoms with Crippen LogP contribution in [0.25, 0.3) is 17.0 Å². The first-order chi connectivity index (χ1) is 10.4. The molecule has 0 fully saturated rings. The van der Waals surface area contributed by atoms with Gasteiger partial charge in [0.05, 0.1) is 12.8 Å². The van der Waals surface area contributed by atoms with Crippen LogP contribution in [0.4, 0.5) is 0 Å². The molecule has 0 aliphatic rings. The Labute approximate surface area is 123 Å². The van der Waals surface area contributed by atoms with Gasteiger partial charge in [0, 0.05) is 7.05 Å². The predicted octanol–water partition coefficient (Wildman–Crippen LogP) is -0.269. The third-order valence-corrected chi connectivity index (χ3v) is 3.72. The molecule has 0 aliphatic carbocycles. The minimum absolute atomic E-state index is 0.190. The van der Waals surface area contributed by atoms with Gasteiger partial charge in [0.1, 0.15) is 12.3 Å². The minimum Gasteiger partial charge on any atom is -0.468 e. The summed E-state index contributed by atoms with van der Waals surface area (Å²) in [5, 5.41) is 0. The molecule has 0 unspecified atom stereocenters. The number of imidazole rings is 1. The average Bonchev–Trinajstić information content (AvgIpc) is 2.99. The van der Waals surface area contributed by atoms with Gasteiger partial charge in [-0.25, -0.2) is 9.36 Å². The van der Waals surface area contributed by atoms with Crippen LogP contribution in [0.2, 0.25) is 0 Å². The van der Waals surface area contributed by atoms with Gasteiger partial charge in [-0.05, 0) is 13.8 Å². The fourth-order valence-corrected chi connectivity index (χ4v) is 2.38. The molecule has 0 saturated carbocycles. The zero-order valence-corrected chi connectivity index (χ0v) is 12.5. The molecule has 0 bridgehead atoms. The maximum absolute atomic E-state index is 12.6. The summed E-state index contributed by atoms with van der Waals surface area (Å²) < 4.78 is 13.6. The summed E-state index contributed by atoms with van der Waals surface area (Å²) in [5.74, 6) is 0.171. The van der Waals surface area contributed by atoms with Gasteiger partial charge >= 0.3 is 17.5 Å². The number of ether oxygens (including phenoxy) is 1. The molecule has 0 atom stereocenters. The van der Waals surface area contributed by atoms with E-state index < -0.39 is 23.8 Å². The summed E-state index contributed by atoms with van der Waals surface area (Å²) >= 11 is 0. The van der Waals surface area contributed by atoms with Gasteiger partial charge in [-0.15, -0.1) is 0 Å². The van der Waals surface area contributed by atoms with E-state index in [0.717, 1.165) is 4.57 Å². The Balaban J connectivity index is 2.49. The summed E-state index contributed by atoms with van der Waals surface area (Å²) in [4.78, 5) is 40.5. The highest BCUT2D eigenvalue weighted by molar-refractivity contribution is 5.76. The molecule has 0 radical (unpaired) electrons. The molecule has 3 aromatic rings. The Hall–Kier alpha value is -2.84. The number of carbonyl (C=O) groups excluding carboxylic acids is 1. The van der Waals surface area contributed by atoms with Crippen molar-refractivity contribution >= 4 is 23.0 Å². The second kappa shape index (κ2) is 4.58. The van der Waals surface area contributed by atoms with Crippen molar-refractivity contribution in [3.63, 3.8) is 0 Å². The smallest absolute Gasteiger partial charge is 0.333 e. The fourth-order valence-electron chi connectivity index (χ4n) is 2.38. The molecule has 116 valence electrons. The third kappa shape index (κ3) is 1.71. The van der Waals surface area contributed by atoms with Crippen molar-refractivity contribution in [1.82, 2.24) is 18.5 Å². The van der Waals surface area contributed by atoms with E-state index in [4.69, 9.17) is 4.42 Å². The highest BCUT2D eigenvalue weighted by Crippen LogP contribution is 2.19. The molecule has 3 heterocycles. The van der Waals surface area contributed by atoms with E-state index in [2.05, 4.69) is 9.72 Å². The molecule has 0 spiro atoms. The van der Waals surface area contributed by atoms with Gasteiger partial charge in [0.25, 0.3) is 5.56 Å². The van der Waals surface area contributed by atoms with Crippen LogP contribution >= 0.6 is 0 Å². The van der Waals surface area contributed by atoms with Crippen LogP contribution in [0.15, 0.2) is 14.0 Å². The molecule has 22 heavy (non-hydrogen) atoms. The molecular weight excluding hydrogens is 292 g/mol. The first kappa shape index (κ1) is 14.1. The van der Waals surface area contributed by atoms with Gasteiger partial charge in [-0.2, -0.15) is 4.98 Å². The van der Waals surface area contributed by atoms with E-state index in [1.54, 1.807) is 18.2 Å². The van der Waals surface area contributed by atoms with E-state index in [1.165, 1.54) is 18.7 Å². The van der Waals surface area contributed by atoms with Crippen molar-refractivity contribution in [1.29, 1.82) is 0 Å². The SMILES string of the molecule is COC(=O)Cn1c(=O)c2c(nc3oc(C)c(C)n32)n(C)c1=O. The van der Waals surface area contributed by atoms with Crippen LogP contribution in [-0.2, 0) is 23.1 Å². The summed E-state index contributed by atoms with van der Waals surface area (Å²) in [6.45, 7) is 3.08. The van der Waals surface area contributed by atoms with Crippen molar-refractivity contribution in [3.8, 4) is 0 Å². The Morgan fingerprint density at radius 1 is 1.32 bits per heavy atom. The van der Waals surface area contributed by atoms with Crippen molar-refractivity contribution in [2.75, 3.05) is 7.11 Å². The monoisotopic (exact) mass is 306 g/mol. The number of aromatic nitrogens is 4. The molecule has 0 amide bonds. The van der Waals surface area contributed by atoms with Gasteiger partial charge in [0.2, 0.25) is 0 Å². The zero-order chi connectivity index (χ0) is 16.2. The Kier molecular flexibility index (Phi) is 2.94. The van der Waals surface area contributed by atoms with Crippen molar-refractivity contribution in [2.45, 2.75) is 20.4 Å². The number of methoxy groups -OCH3 is 1. The van der Waals surface area contributed by atoms with Crippen LogP contribution in [0, 0.1) is 13.8 Å². The summed E-state index contributed by atoms with van der Waals surface area (Å²) in [5.41, 5.74) is -0.149. The van der Waals surface area contributed by atoms with E-state index in [9.17, 15) is 14.4 Å². The van der Waals surface area contributed by atoms with Crippen LogP contribution < -0.4 is 11.2 Å². The number of carbonyl (C=O) groups is 1. The van der Waals surface area contributed by atoms with Gasteiger partial charge < -0.3 is 9.15 Å². The van der Waals surface area contributed by atoms with E-state index >= 15 is 0 Å². The van der Waals surface area contributed by atoms with Gasteiger partial charge in [-0.1, -0.05) is 0 Å². The normalized spacial score (nSPS) is 11.5. The summed E-state index contributed by atoms with van der Waals surface area (Å²) in [6, 6.07) is 0. The number of esters is 1. The van der Waals surface area contributed by atoms with Crippen molar-refractivity contribution < 1.29 is 13.9 Å². The largest absolute Gasteiger partial charge is 0.468 e. The van der Waals surface area contributed by atoms with E-state index in [0.29, 0.717) is 11.5 Å². The topological polar surface area (TPSA) is 101 Å². The van der Waals surface area contributed by atoms with E-state index in [1.807, 2.05) is 0 Å². The molecule has 0 aliphatic heterocycles. The lowest BCUT2D eigenvalue weighted by atomic mass is 10.4. The standard InChI is InChI=1S/C13H14N4O5/c1-6-7(2)22-12-14-10-9(17(6)12)11(19)16(5-8(18)21-4)13(20)15(10)3/h5H2,1-4H3. The zero-order valence-electron chi connectivity index (χ0n) is 12.5. The number of hydrogen-bond donors (Lipinski definition) is 0. The maximum atomic E-state index is 12.6. The quantitative estimate of drug-likeness (QED) is 0.604. The summed E-state index contributed by atoms with van der Waals surface area (Å²) in [7, 11) is 2.67. The molecule has 0 aromatic carbocycles. The number of hydrogen-bond acceptors (Lipinski definition) is 6.